The molecule has 1 fully saturated rings. The Morgan fingerprint density at radius 2 is 1.95 bits per heavy atom. The molecule has 0 bridgehead atoms. The van der Waals surface area contributed by atoms with Gasteiger partial charge in [0.1, 0.15) is 0 Å². The molecular weight excluding hydrogens is 364 g/mol. The van der Waals surface area contributed by atoms with Crippen molar-refractivity contribution in [1.29, 1.82) is 0 Å². The molecule has 0 atom stereocenters. The van der Waals surface area contributed by atoms with Gasteiger partial charge in [0.25, 0.3) is 0 Å². The monoisotopic (exact) mass is 376 g/mol. The first-order valence-electron chi connectivity index (χ1n) is 6.06. The number of sulfonamides is 1. The van der Waals surface area contributed by atoms with Crippen LogP contribution < -0.4 is 0 Å². The highest BCUT2D eigenvalue weighted by atomic mass is 79.9. The molecule has 1 heterocycles. The van der Waals surface area contributed by atoms with Crippen LogP contribution in [0.4, 0.5) is 0 Å². The van der Waals surface area contributed by atoms with Crippen LogP contribution in [0, 0.1) is 12.3 Å². The Balaban J connectivity index is 2.16. The molecule has 20 heavy (non-hydrogen) atoms. The summed E-state index contributed by atoms with van der Waals surface area (Å²) >= 11 is 9.14. The van der Waals surface area contributed by atoms with E-state index in [0.29, 0.717) is 42.2 Å². The molecular formula is C13H14BrClN2O2S. The van der Waals surface area contributed by atoms with Gasteiger partial charge >= 0.3 is 0 Å². The molecule has 1 aliphatic rings. The summed E-state index contributed by atoms with van der Waals surface area (Å²) in [6.45, 7) is 2.76. The maximum Gasteiger partial charge on any atom is 0.243 e. The second-order valence-electron chi connectivity index (χ2n) is 4.46. The number of terminal acetylenes is 1. The highest BCUT2D eigenvalue weighted by molar-refractivity contribution is 9.10. The van der Waals surface area contributed by atoms with Crippen LogP contribution in [0.2, 0.25) is 5.02 Å². The molecule has 1 saturated heterocycles. The van der Waals surface area contributed by atoms with Crippen molar-refractivity contribution in [3.8, 4) is 12.3 Å². The van der Waals surface area contributed by atoms with Crippen LogP contribution in [-0.4, -0.2) is 50.3 Å². The Kier molecular flexibility index (Phi) is 5.10. The van der Waals surface area contributed by atoms with E-state index in [4.69, 9.17) is 18.0 Å². The Hall–Kier alpha value is -0.580. The molecule has 1 aliphatic heterocycles. The molecule has 2 rings (SSSR count). The average Bonchev–Trinajstić information content (AvgIpc) is 2.43. The van der Waals surface area contributed by atoms with E-state index >= 15 is 0 Å². The summed E-state index contributed by atoms with van der Waals surface area (Å²) in [7, 11) is -3.47. The molecule has 1 aromatic carbocycles. The predicted octanol–water partition coefficient (Wildman–Crippen LogP) is 2.04. The second-order valence-corrected chi connectivity index (χ2v) is 7.66. The maximum atomic E-state index is 12.5. The standard InChI is InChI=1S/C13H14BrClN2O2S/c1-2-5-16-6-8-17(9-7-16)20(18,19)11-3-4-13(15)12(14)10-11/h1,3-4,10H,5-9H2. The van der Waals surface area contributed by atoms with Crippen LogP contribution in [0.5, 0.6) is 0 Å². The van der Waals surface area contributed by atoms with Crippen LogP contribution >= 0.6 is 27.5 Å². The van der Waals surface area contributed by atoms with Gasteiger partial charge in [0, 0.05) is 30.7 Å². The van der Waals surface area contributed by atoms with E-state index in [1.165, 1.54) is 16.4 Å². The molecule has 1 aromatic rings. The summed E-state index contributed by atoms with van der Waals surface area (Å²) in [6, 6.07) is 4.63. The van der Waals surface area contributed by atoms with E-state index in [9.17, 15) is 8.42 Å². The van der Waals surface area contributed by atoms with E-state index in [1.54, 1.807) is 6.07 Å². The van der Waals surface area contributed by atoms with Crippen molar-refractivity contribution in [2.75, 3.05) is 32.7 Å². The largest absolute Gasteiger partial charge is 0.290 e. The summed E-state index contributed by atoms with van der Waals surface area (Å²) in [6.07, 6.45) is 5.26. The predicted molar refractivity (Wildman–Crippen MR) is 83.2 cm³/mol. The van der Waals surface area contributed by atoms with Crippen molar-refractivity contribution in [3.63, 3.8) is 0 Å². The van der Waals surface area contributed by atoms with Crippen LogP contribution in [0.3, 0.4) is 0 Å². The SMILES string of the molecule is C#CCN1CCN(S(=O)(=O)c2ccc(Cl)c(Br)c2)CC1. The smallest absolute Gasteiger partial charge is 0.243 e. The molecule has 0 saturated carbocycles. The molecule has 0 radical (unpaired) electrons. The van der Waals surface area contributed by atoms with Crippen LogP contribution in [0.1, 0.15) is 0 Å². The Labute approximate surface area is 132 Å². The zero-order chi connectivity index (χ0) is 14.8. The quantitative estimate of drug-likeness (QED) is 0.757. The van der Waals surface area contributed by atoms with Gasteiger partial charge in [-0.25, -0.2) is 8.42 Å². The van der Waals surface area contributed by atoms with Crippen molar-refractivity contribution in [3.05, 3.63) is 27.7 Å². The van der Waals surface area contributed by atoms with E-state index in [2.05, 4.69) is 26.8 Å². The van der Waals surface area contributed by atoms with Crippen molar-refractivity contribution in [2.45, 2.75) is 4.90 Å². The minimum Gasteiger partial charge on any atom is -0.290 e. The van der Waals surface area contributed by atoms with Crippen molar-refractivity contribution in [1.82, 2.24) is 9.21 Å². The average molecular weight is 378 g/mol. The highest BCUT2D eigenvalue weighted by Gasteiger charge is 2.28. The van der Waals surface area contributed by atoms with E-state index in [0.717, 1.165) is 0 Å². The summed E-state index contributed by atoms with van der Waals surface area (Å²) < 4.78 is 27.1. The van der Waals surface area contributed by atoms with Gasteiger partial charge in [0.15, 0.2) is 0 Å². The van der Waals surface area contributed by atoms with Gasteiger partial charge in [-0.15, -0.1) is 6.42 Å². The number of halogens is 2. The third-order valence-electron chi connectivity index (χ3n) is 3.17. The second kappa shape index (κ2) is 6.46. The number of hydrogen-bond donors (Lipinski definition) is 0. The molecule has 108 valence electrons. The zero-order valence-corrected chi connectivity index (χ0v) is 13.9. The fourth-order valence-electron chi connectivity index (χ4n) is 2.04. The summed E-state index contributed by atoms with van der Waals surface area (Å²) in [4.78, 5) is 2.31. The first-order chi connectivity index (χ1) is 9.45. The lowest BCUT2D eigenvalue weighted by atomic mass is 10.3. The Bertz CT molecular complexity index is 634. The van der Waals surface area contributed by atoms with E-state index in [-0.39, 0.29) is 4.90 Å². The van der Waals surface area contributed by atoms with Gasteiger partial charge in [0.2, 0.25) is 10.0 Å². The van der Waals surface area contributed by atoms with Crippen LogP contribution in [0.25, 0.3) is 0 Å². The normalized spacial score (nSPS) is 17.9. The highest BCUT2D eigenvalue weighted by Crippen LogP contribution is 2.27. The zero-order valence-electron chi connectivity index (χ0n) is 10.7. The molecule has 0 aromatic heterocycles. The summed E-state index contributed by atoms with van der Waals surface area (Å²) in [5.41, 5.74) is 0. The number of rotatable bonds is 3. The van der Waals surface area contributed by atoms with Gasteiger partial charge in [-0.1, -0.05) is 17.5 Å². The Morgan fingerprint density at radius 1 is 1.30 bits per heavy atom. The first-order valence-corrected chi connectivity index (χ1v) is 8.67. The molecule has 4 nitrogen and oxygen atoms in total. The summed E-state index contributed by atoms with van der Waals surface area (Å²) in [5.74, 6) is 2.57. The van der Waals surface area contributed by atoms with Crippen molar-refractivity contribution in [2.24, 2.45) is 0 Å². The topological polar surface area (TPSA) is 40.6 Å². The lowest BCUT2D eigenvalue weighted by Crippen LogP contribution is -2.48. The molecule has 0 amide bonds. The lowest BCUT2D eigenvalue weighted by Gasteiger charge is -2.32. The van der Waals surface area contributed by atoms with Gasteiger partial charge < -0.3 is 0 Å². The lowest BCUT2D eigenvalue weighted by molar-refractivity contribution is 0.207. The van der Waals surface area contributed by atoms with Crippen molar-refractivity contribution >= 4 is 37.6 Å². The molecule has 7 heteroatoms. The summed E-state index contributed by atoms with van der Waals surface area (Å²) in [5, 5.41) is 0.489. The minimum absolute atomic E-state index is 0.249. The van der Waals surface area contributed by atoms with Crippen molar-refractivity contribution < 1.29 is 8.42 Å². The minimum atomic E-state index is -3.47. The number of hydrogen-bond acceptors (Lipinski definition) is 3. The Morgan fingerprint density at radius 3 is 2.50 bits per heavy atom. The van der Waals surface area contributed by atoms with E-state index in [1.807, 2.05) is 0 Å². The first kappa shape index (κ1) is 15.8. The third kappa shape index (κ3) is 3.35. The third-order valence-corrected chi connectivity index (χ3v) is 6.28. The van der Waals surface area contributed by atoms with Gasteiger partial charge in [-0.2, -0.15) is 4.31 Å². The number of benzene rings is 1. The van der Waals surface area contributed by atoms with Gasteiger partial charge in [-0.05, 0) is 34.1 Å². The molecule has 0 aliphatic carbocycles. The van der Waals surface area contributed by atoms with Crippen LogP contribution in [-0.2, 0) is 10.0 Å². The fraction of sp³-hybridized carbons (Fsp3) is 0.385. The molecule has 0 spiro atoms. The van der Waals surface area contributed by atoms with E-state index < -0.39 is 10.0 Å². The fourth-order valence-corrected chi connectivity index (χ4v) is 4.14. The van der Waals surface area contributed by atoms with Gasteiger partial charge in [0.05, 0.1) is 16.5 Å². The van der Waals surface area contributed by atoms with Gasteiger partial charge in [-0.3, -0.25) is 4.90 Å². The molecule has 0 N–H and O–H groups in total. The maximum absolute atomic E-state index is 12.5. The number of nitrogens with zero attached hydrogens (tertiary/aromatic N) is 2. The number of piperazine rings is 1. The molecule has 0 unspecified atom stereocenters. The van der Waals surface area contributed by atoms with Crippen LogP contribution in [0.15, 0.2) is 27.6 Å².